The van der Waals surface area contributed by atoms with Crippen LogP contribution in [0, 0.1) is 0 Å². The highest BCUT2D eigenvalue weighted by Crippen LogP contribution is 2.42. The Balaban J connectivity index is 1.54. The molecule has 5 nitrogen and oxygen atoms in total. The van der Waals surface area contributed by atoms with Gasteiger partial charge < -0.3 is 20.1 Å². The normalized spacial score (nSPS) is 17.2. The van der Waals surface area contributed by atoms with Crippen LogP contribution < -0.4 is 10.2 Å². The van der Waals surface area contributed by atoms with Gasteiger partial charge in [-0.2, -0.15) is 0 Å². The van der Waals surface area contributed by atoms with E-state index in [0.29, 0.717) is 26.9 Å². The fourth-order valence-corrected chi connectivity index (χ4v) is 4.56. The number of carbonyl (C=O) groups is 1. The molecule has 2 heterocycles. The van der Waals surface area contributed by atoms with E-state index >= 15 is 0 Å². The Kier molecular flexibility index (Phi) is 5.55. The van der Waals surface area contributed by atoms with Crippen molar-refractivity contribution in [3.05, 3.63) is 81.8 Å². The van der Waals surface area contributed by atoms with Crippen LogP contribution in [-0.2, 0) is 9.53 Å². The van der Waals surface area contributed by atoms with E-state index in [9.17, 15) is 9.90 Å². The van der Waals surface area contributed by atoms with Crippen LogP contribution >= 0.6 is 23.2 Å². The minimum Gasteiger partial charge on any atom is -0.506 e. The molecule has 2 N–H and O–H groups in total. The molecule has 0 spiro atoms. The van der Waals surface area contributed by atoms with Crippen LogP contribution in [0.15, 0.2) is 60.7 Å². The van der Waals surface area contributed by atoms with Crippen molar-refractivity contribution in [1.29, 1.82) is 0 Å². The van der Waals surface area contributed by atoms with Gasteiger partial charge in [-0.15, -0.1) is 0 Å². The molecular weight excluding hydrogens is 447 g/mol. The van der Waals surface area contributed by atoms with E-state index in [-0.39, 0.29) is 17.2 Å². The second kappa shape index (κ2) is 8.51. The third-order valence-electron chi connectivity index (χ3n) is 5.74. The third-order valence-corrected chi connectivity index (χ3v) is 6.29. The van der Waals surface area contributed by atoms with Crippen molar-refractivity contribution >= 4 is 51.8 Å². The Morgan fingerprint density at radius 1 is 0.969 bits per heavy atom. The molecule has 162 valence electrons. The zero-order chi connectivity index (χ0) is 22.2. The van der Waals surface area contributed by atoms with Gasteiger partial charge in [-0.3, -0.25) is 4.79 Å². The lowest BCUT2D eigenvalue weighted by Crippen LogP contribution is -2.36. The number of anilines is 2. The number of nitrogens with zero attached hydrogens (tertiary/aromatic N) is 1. The summed E-state index contributed by atoms with van der Waals surface area (Å²) in [6, 6.07) is 18.5. The molecule has 32 heavy (non-hydrogen) atoms. The smallest absolute Gasteiger partial charge is 0.260 e. The zero-order valence-corrected chi connectivity index (χ0v) is 18.6. The van der Waals surface area contributed by atoms with Gasteiger partial charge >= 0.3 is 0 Å². The summed E-state index contributed by atoms with van der Waals surface area (Å²) in [5.74, 6) is -0.506. The minimum atomic E-state index is -0.381. The highest BCUT2D eigenvalue weighted by Gasteiger charge is 2.30. The number of carbonyl (C=O) groups excluding carboxylic acids is 1. The summed E-state index contributed by atoms with van der Waals surface area (Å²) in [7, 11) is 0. The number of fused-ring (bicyclic) bond motifs is 1. The lowest BCUT2D eigenvalue weighted by Gasteiger charge is -2.29. The number of morpholine rings is 1. The van der Waals surface area contributed by atoms with Gasteiger partial charge in [0, 0.05) is 40.5 Å². The van der Waals surface area contributed by atoms with E-state index < -0.39 is 0 Å². The van der Waals surface area contributed by atoms with Crippen molar-refractivity contribution in [2.75, 3.05) is 36.5 Å². The first-order valence-electron chi connectivity index (χ1n) is 10.3. The molecule has 1 amide bonds. The molecule has 1 saturated heterocycles. The maximum Gasteiger partial charge on any atom is 0.260 e. The van der Waals surface area contributed by atoms with E-state index in [0.717, 1.165) is 43.1 Å². The molecular formula is C25H20Cl2N2O3. The summed E-state index contributed by atoms with van der Waals surface area (Å²) < 4.78 is 5.42. The Morgan fingerprint density at radius 2 is 1.72 bits per heavy atom. The molecule has 3 aromatic carbocycles. The first-order chi connectivity index (χ1) is 15.5. The SMILES string of the molecule is O=C1Nc2cc(Cl)c(-c3ccc(N4CCOCC4)cc3)cc2C1=C(O)c1cccc(Cl)c1. The van der Waals surface area contributed by atoms with Gasteiger partial charge in [0.1, 0.15) is 5.76 Å². The first kappa shape index (κ1) is 20.9. The van der Waals surface area contributed by atoms with E-state index in [1.54, 1.807) is 30.3 Å². The maximum atomic E-state index is 12.7. The molecule has 7 heteroatoms. The second-order valence-electron chi connectivity index (χ2n) is 7.71. The van der Waals surface area contributed by atoms with Gasteiger partial charge in [0.15, 0.2) is 0 Å². The van der Waals surface area contributed by atoms with Crippen LogP contribution in [0.5, 0.6) is 0 Å². The number of amides is 1. The second-order valence-corrected chi connectivity index (χ2v) is 8.56. The van der Waals surface area contributed by atoms with Crippen molar-refractivity contribution < 1.29 is 14.6 Å². The lowest BCUT2D eigenvalue weighted by atomic mass is 9.97. The summed E-state index contributed by atoms with van der Waals surface area (Å²) in [5.41, 5.74) is 4.68. The Bertz CT molecular complexity index is 1230. The summed E-state index contributed by atoms with van der Waals surface area (Å²) in [5, 5.41) is 14.7. The van der Waals surface area contributed by atoms with Crippen molar-refractivity contribution in [1.82, 2.24) is 0 Å². The number of ether oxygens (including phenoxy) is 1. The summed E-state index contributed by atoms with van der Waals surface area (Å²) in [6.45, 7) is 3.18. The number of aliphatic hydroxyl groups is 1. The van der Waals surface area contributed by atoms with E-state index in [1.807, 2.05) is 18.2 Å². The van der Waals surface area contributed by atoms with Crippen LogP contribution in [0.4, 0.5) is 11.4 Å². The number of aliphatic hydroxyl groups excluding tert-OH is 1. The Hall–Kier alpha value is -2.99. The predicted molar refractivity (Wildman–Crippen MR) is 129 cm³/mol. The molecule has 0 atom stereocenters. The topological polar surface area (TPSA) is 61.8 Å². The van der Waals surface area contributed by atoms with Gasteiger partial charge in [-0.25, -0.2) is 0 Å². The molecule has 3 aromatic rings. The van der Waals surface area contributed by atoms with Crippen LogP contribution in [0.25, 0.3) is 22.5 Å². The monoisotopic (exact) mass is 466 g/mol. The molecule has 2 aliphatic rings. The fraction of sp³-hybridized carbons (Fsp3) is 0.160. The zero-order valence-electron chi connectivity index (χ0n) is 17.1. The van der Waals surface area contributed by atoms with Gasteiger partial charge in [0.25, 0.3) is 5.91 Å². The minimum absolute atomic E-state index is 0.125. The largest absolute Gasteiger partial charge is 0.506 e. The number of halogens is 2. The number of hydrogen-bond acceptors (Lipinski definition) is 4. The predicted octanol–water partition coefficient (Wildman–Crippen LogP) is 5.88. The van der Waals surface area contributed by atoms with Crippen LogP contribution in [0.2, 0.25) is 10.0 Å². The molecule has 0 aromatic heterocycles. The standard InChI is InChI=1S/C25H20Cl2N2O3/c26-17-3-1-2-16(12-17)24(30)23-20-13-19(21(27)14-22(20)28-25(23)31)15-4-6-18(7-5-15)29-8-10-32-11-9-29/h1-7,12-14,30H,8-11H2,(H,28,31). The number of rotatable bonds is 3. The molecule has 1 fully saturated rings. The van der Waals surface area contributed by atoms with E-state index in [4.69, 9.17) is 27.9 Å². The third kappa shape index (κ3) is 3.84. The van der Waals surface area contributed by atoms with Crippen LogP contribution in [0.1, 0.15) is 11.1 Å². The molecule has 2 aliphatic heterocycles. The van der Waals surface area contributed by atoms with Crippen molar-refractivity contribution in [2.45, 2.75) is 0 Å². The average Bonchev–Trinajstić information content (AvgIpc) is 3.13. The van der Waals surface area contributed by atoms with E-state index in [1.165, 1.54) is 0 Å². The molecule has 0 saturated carbocycles. The summed E-state index contributed by atoms with van der Waals surface area (Å²) in [4.78, 5) is 15.0. The fourth-order valence-electron chi connectivity index (χ4n) is 4.10. The van der Waals surface area contributed by atoms with Crippen molar-refractivity contribution in [2.24, 2.45) is 0 Å². The Labute approximate surface area is 195 Å². The molecule has 0 aliphatic carbocycles. The highest BCUT2D eigenvalue weighted by atomic mass is 35.5. The van der Waals surface area contributed by atoms with E-state index in [2.05, 4.69) is 22.3 Å². The van der Waals surface area contributed by atoms with Crippen LogP contribution in [0.3, 0.4) is 0 Å². The molecule has 0 radical (unpaired) electrons. The summed E-state index contributed by atoms with van der Waals surface area (Å²) >= 11 is 12.6. The highest BCUT2D eigenvalue weighted by molar-refractivity contribution is 6.39. The quantitative estimate of drug-likeness (QED) is 0.373. The average molecular weight is 467 g/mol. The van der Waals surface area contributed by atoms with Crippen LogP contribution in [-0.4, -0.2) is 37.3 Å². The first-order valence-corrected chi connectivity index (χ1v) is 11.0. The Morgan fingerprint density at radius 3 is 2.44 bits per heavy atom. The lowest BCUT2D eigenvalue weighted by molar-refractivity contribution is -0.110. The molecule has 5 rings (SSSR count). The van der Waals surface area contributed by atoms with Gasteiger partial charge in [-0.1, -0.05) is 47.5 Å². The number of nitrogens with one attached hydrogen (secondary N) is 1. The van der Waals surface area contributed by atoms with Gasteiger partial charge in [0.2, 0.25) is 0 Å². The van der Waals surface area contributed by atoms with Crippen molar-refractivity contribution in [3.63, 3.8) is 0 Å². The van der Waals surface area contributed by atoms with Gasteiger partial charge in [0.05, 0.1) is 29.5 Å². The van der Waals surface area contributed by atoms with Crippen molar-refractivity contribution in [3.8, 4) is 11.1 Å². The maximum absolute atomic E-state index is 12.7. The molecule has 0 unspecified atom stereocenters. The van der Waals surface area contributed by atoms with Gasteiger partial charge in [-0.05, 0) is 42.0 Å². The number of benzene rings is 3. The summed E-state index contributed by atoms with van der Waals surface area (Å²) in [6.07, 6.45) is 0. The molecule has 0 bridgehead atoms. The number of hydrogen-bond donors (Lipinski definition) is 2.